The third-order valence-corrected chi connectivity index (χ3v) is 6.01. The number of nitrogens with zero attached hydrogens (tertiary/aromatic N) is 1. The zero-order valence-electron chi connectivity index (χ0n) is 11.9. The van der Waals surface area contributed by atoms with Crippen LogP contribution >= 0.6 is 15.9 Å². The second-order valence-electron chi connectivity index (χ2n) is 5.01. The Bertz CT molecular complexity index is 625. The minimum atomic E-state index is -3.50. The summed E-state index contributed by atoms with van der Waals surface area (Å²) in [5, 5.41) is 2.76. The van der Waals surface area contributed by atoms with Gasteiger partial charge in [-0.3, -0.25) is 4.79 Å². The molecule has 1 aromatic rings. The van der Waals surface area contributed by atoms with Gasteiger partial charge in [0.2, 0.25) is 10.0 Å². The molecule has 116 valence electrons. The molecule has 1 saturated heterocycles. The lowest BCUT2D eigenvalue weighted by Crippen LogP contribution is -2.29. The Kier molecular flexibility index (Phi) is 5.40. The van der Waals surface area contributed by atoms with Crippen molar-refractivity contribution < 1.29 is 13.2 Å². The predicted octanol–water partition coefficient (Wildman–Crippen LogP) is 2.37. The molecule has 0 radical (unpaired) electrons. The maximum atomic E-state index is 12.5. The van der Waals surface area contributed by atoms with E-state index in [1.54, 1.807) is 6.07 Å². The van der Waals surface area contributed by atoms with E-state index in [-0.39, 0.29) is 10.8 Å². The first-order valence-electron chi connectivity index (χ1n) is 7.04. The maximum absolute atomic E-state index is 12.5. The van der Waals surface area contributed by atoms with E-state index in [0.29, 0.717) is 29.7 Å². The van der Waals surface area contributed by atoms with Crippen LogP contribution in [0, 0.1) is 0 Å². The third kappa shape index (κ3) is 3.64. The van der Waals surface area contributed by atoms with Gasteiger partial charge in [-0.15, -0.1) is 0 Å². The van der Waals surface area contributed by atoms with Crippen LogP contribution in [0.25, 0.3) is 0 Å². The van der Waals surface area contributed by atoms with Crippen molar-refractivity contribution in [2.75, 3.05) is 19.6 Å². The minimum Gasteiger partial charge on any atom is -0.352 e. The van der Waals surface area contributed by atoms with E-state index >= 15 is 0 Å². The first-order chi connectivity index (χ1) is 9.96. The average Bonchev–Trinajstić information content (AvgIpc) is 3.00. The van der Waals surface area contributed by atoms with E-state index in [1.807, 2.05) is 6.92 Å². The molecule has 1 N–H and O–H groups in total. The van der Waals surface area contributed by atoms with Crippen molar-refractivity contribution in [2.45, 2.75) is 31.1 Å². The molecule has 0 saturated carbocycles. The molecular formula is C14H19BrN2O3S. The Morgan fingerprint density at radius 2 is 2.00 bits per heavy atom. The van der Waals surface area contributed by atoms with Gasteiger partial charge in [-0.1, -0.05) is 6.92 Å². The number of carbonyl (C=O) groups is 1. The largest absolute Gasteiger partial charge is 0.352 e. The van der Waals surface area contributed by atoms with Gasteiger partial charge < -0.3 is 5.32 Å². The Labute approximate surface area is 133 Å². The van der Waals surface area contributed by atoms with Crippen molar-refractivity contribution in [2.24, 2.45) is 0 Å². The van der Waals surface area contributed by atoms with Crippen LogP contribution in [0.5, 0.6) is 0 Å². The predicted molar refractivity (Wildman–Crippen MR) is 84.8 cm³/mol. The molecule has 2 rings (SSSR count). The van der Waals surface area contributed by atoms with Gasteiger partial charge in [-0.05, 0) is 53.4 Å². The van der Waals surface area contributed by atoms with Gasteiger partial charge in [0, 0.05) is 24.1 Å². The number of hydrogen-bond donors (Lipinski definition) is 1. The minimum absolute atomic E-state index is 0.175. The second kappa shape index (κ2) is 6.89. The molecule has 1 amide bonds. The van der Waals surface area contributed by atoms with Crippen LogP contribution in [0.2, 0.25) is 0 Å². The van der Waals surface area contributed by atoms with Gasteiger partial charge in [0.05, 0.1) is 10.5 Å². The fourth-order valence-corrected chi connectivity index (χ4v) is 4.22. The Hall–Kier alpha value is -0.920. The number of amides is 1. The van der Waals surface area contributed by atoms with Gasteiger partial charge in [-0.2, -0.15) is 4.31 Å². The molecular weight excluding hydrogens is 356 g/mol. The zero-order chi connectivity index (χ0) is 15.5. The molecule has 1 fully saturated rings. The van der Waals surface area contributed by atoms with E-state index in [0.717, 1.165) is 19.3 Å². The van der Waals surface area contributed by atoms with E-state index in [2.05, 4.69) is 21.2 Å². The summed E-state index contributed by atoms with van der Waals surface area (Å²) in [4.78, 5) is 12.3. The topological polar surface area (TPSA) is 66.5 Å². The first-order valence-corrected chi connectivity index (χ1v) is 9.28. The molecule has 7 heteroatoms. The Morgan fingerprint density at radius 1 is 1.33 bits per heavy atom. The molecule has 0 unspecified atom stereocenters. The van der Waals surface area contributed by atoms with Crippen molar-refractivity contribution in [1.29, 1.82) is 0 Å². The lowest BCUT2D eigenvalue weighted by Gasteiger charge is -2.16. The number of benzene rings is 1. The highest BCUT2D eigenvalue weighted by Crippen LogP contribution is 2.25. The zero-order valence-corrected chi connectivity index (χ0v) is 14.3. The summed E-state index contributed by atoms with van der Waals surface area (Å²) in [6.45, 7) is 3.63. The fraction of sp³-hybridized carbons (Fsp3) is 0.500. The second-order valence-corrected chi connectivity index (χ2v) is 7.80. The molecule has 0 spiro atoms. The molecule has 0 bridgehead atoms. The van der Waals surface area contributed by atoms with Gasteiger partial charge in [0.15, 0.2) is 0 Å². The lowest BCUT2D eigenvalue weighted by molar-refractivity contribution is 0.0952. The van der Waals surface area contributed by atoms with E-state index in [9.17, 15) is 13.2 Å². The number of sulfonamides is 1. The smallest absolute Gasteiger partial charge is 0.252 e. The summed E-state index contributed by atoms with van der Waals surface area (Å²) < 4.78 is 27.1. The molecule has 0 atom stereocenters. The van der Waals surface area contributed by atoms with Gasteiger partial charge >= 0.3 is 0 Å². The fourth-order valence-electron chi connectivity index (χ4n) is 2.25. The molecule has 5 nitrogen and oxygen atoms in total. The van der Waals surface area contributed by atoms with Gasteiger partial charge in [0.25, 0.3) is 5.91 Å². The molecule has 0 aliphatic carbocycles. The Morgan fingerprint density at radius 3 is 2.62 bits per heavy atom. The summed E-state index contributed by atoms with van der Waals surface area (Å²) >= 11 is 3.30. The van der Waals surface area contributed by atoms with E-state index in [4.69, 9.17) is 0 Å². The van der Waals surface area contributed by atoms with Gasteiger partial charge in [0.1, 0.15) is 0 Å². The quantitative estimate of drug-likeness (QED) is 0.859. The molecule has 1 aliphatic heterocycles. The number of halogens is 1. The first kappa shape index (κ1) is 16.5. The highest BCUT2D eigenvalue weighted by Gasteiger charge is 2.28. The van der Waals surface area contributed by atoms with Crippen LogP contribution in [-0.2, 0) is 10.0 Å². The van der Waals surface area contributed by atoms with Crippen LogP contribution in [0.15, 0.2) is 27.6 Å². The summed E-state index contributed by atoms with van der Waals surface area (Å²) in [5.41, 5.74) is 0.351. The van der Waals surface area contributed by atoms with E-state index in [1.165, 1.54) is 16.4 Å². The monoisotopic (exact) mass is 374 g/mol. The highest BCUT2D eigenvalue weighted by molar-refractivity contribution is 9.10. The SMILES string of the molecule is CCCNC(=O)c1cc(S(=O)(=O)N2CCCC2)ccc1Br. The summed E-state index contributed by atoms with van der Waals surface area (Å²) in [5.74, 6) is -0.262. The number of hydrogen-bond acceptors (Lipinski definition) is 3. The normalized spacial score (nSPS) is 16.1. The van der Waals surface area contributed by atoms with E-state index < -0.39 is 10.0 Å². The molecule has 1 heterocycles. The number of carbonyl (C=O) groups excluding carboxylic acids is 1. The van der Waals surface area contributed by atoms with Crippen molar-refractivity contribution in [3.8, 4) is 0 Å². The van der Waals surface area contributed by atoms with Crippen molar-refractivity contribution in [3.63, 3.8) is 0 Å². The summed E-state index contributed by atoms with van der Waals surface area (Å²) in [6, 6.07) is 4.60. The molecule has 1 aromatic carbocycles. The summed E-state index contributed by atoms with van der Waals surface area (Å²) in [6.07, 6.45) is 2.61. The van der Waals surface area contributed by atoms with Crippen LogP contribution < -0.4 is 5.32 Å². The van der Waals surface area contributed by atoms with Crippen LogP contribution in [0.4, 0.5) is 0 Å². The van der Waals surface area contributed by atoms with Gasteiger partial charge in [-0.25, -0.2) is 8.42 Å². The highest BCUT2D eigenvalue weighted by atomic mass is 79.9. The van der Waals surface area contributed by atoms with Crippen LogP contribution in [-0.4, -0.2) is 38.3 Å². The summed E-state index contributed by atoms with van der Waals surface area (Å²) in [7, 11) is -3.50. The average molecular weight is 375 g/mol. The van der Waals surface area contributed by atoms with Crippen LogP contribution in [0.1, 0.15) is 36.5 Å². The standard InChI is InChI=1S/C14H19BrN2O3S/c1-2-7-16-14(18)12-10-11(5-6-13(12)15)21(19,20)17-8-3-4-9-17/h5-6,10H,2-4,7-9H2,1H3,(H,16,18). The molecule has 21 heavy (non-hydrogen) atoms. The molecule has 1 aliphatic rings. The van der Waals surface area contributed by atoms with Crippen molar-refractivity contribution >= 4 is 31.9 Å². The third-order valence-electron chi connectivity index (χ3n) is 3.42. The number of nitrogens with one attached hydrogen (secondary N) is 1. The lowest BCUT2D eigenvalue weighted by atomic mass is 10.2. The number of rotatable bonds is 5. The Balaban J connectivity index is 2.31. The van der Waals surface area contributed by atoms with Crippen LogP contribution in [0.3, 0.4) is 0 Å². The van der Waals surface area contributed by atoms with Crippen molar-refractivity contribution in [1.82, 2.24) is 9.62 Å². The maximum Gasteiger partial charge on any atom is 0.252 e. The molecule has 0 aromatic heterocycles. The van der Waals surface area contributed by atoms with Crippen molar-refractivity contribution in [3.05, 3.63) is 28.2 Å².